The number of nitrogens with zero attached hydrogens (tertiary/aromatic N) is 2. The molecule has 3 nitrogen and oxygen atoms in total. The number of rotatable bonds is 6. The van der Waals surface area contributed by atoms with E-state index in [1.807, 2.05) is 29.2 Å². The monoisotopic (exact) mass is 312 g/mol. The van der Waals surface area contributed by atoms with Crippen LogP contribution in [0.1, 0.15) is 24.8 Å². The highest BCUT2D eigenvalue weighted by Gasteiger charge is 2.33. The quantitative estimate of drug-likeness (QED) is 0.805. The van der Waals surface area contributed by atoms with Crippen LogP contribution >= 0.6 is 23.4 Å². The van der Waals surface area contributed by atoms with Crippen molar-refractivity contribution in [2.45, 2.75) is 19.2 Å². The van der Waals surface area contributed by atoms with Crippen LogP contribution in [0.5, 0.6) is 0 Å². The molecule has 0 bridgehead atoms. The number of benzene rings is 1. The van der Waals surface area contributed by atoms with Crippen molar-refractivity contribution in [1.29, 1.82) is 0 Å². The third-order valence-corrected chi connectivity index (χ3v) is 5.27. The first-order chi connectivity index (χ1) is 9.67. The van der Waals surface area contributed by atoms with Crippen molar-refractivity contribution in [3.05, 3.63) is 34.9 Å². The molecule has 1 unspecified atom stereocenters. The SMILES string of the molecule is CCN(CC)CCN1C(=O)CSC1c1ccccc1Cl. The Hall–Kier alpha value is -0.710. The molecular formula is C15H21ClN2OS. The maximum absolute atomic E-state index is 12.1. The average Bonchev–Trinajstić information content (AvgIpc) is 2.82. The van der Waals surface area contributed by atoms with Crippen LogP contribution < -0.4 is 0 Å². The molecule has 1 aromatic rings. The molecule has 1 aromatic carbocycles. The Balaban J connectivity index is 2.09. The molecule has 0 aliphatic carbocycles. The van der Waals surface area contributed by atoms with Gasteiger partial charge in [-0.15, -0.1) is 11.8 Å². The lowest BCUT2D eigenvalue weighted by Crippen LogP contribution is -2.37. The first-order valence-corrected chi connectivity index (χ1v) is 8.47. The van der Waals surface area contributed by atoms with Gasteiger partial charge in [0, 0.05) is 23.7 Å². The van der Waals surface area contributed by atoms with Gasteiger partial charge in [0.2, 0.25) is 5.91 Å². The molecule has 1 aliphatic rings. The summed E-state index contributed by atoms with van der Waals surface area (Å²) >= 11 is 7.94. The Labute approximate surface area is 130 Å². The largest absolute Gasteiger partial charge is 0.324 e. The standard InChI is InChI=1S/C15H21ClN2OS/c1-3-17(4-2)9-10-18-14(19)11-20-15(18)12-7-5-6-8-13(12)16/h5-8,15H,3-4,9-11H2,1-2H3. The molecule has 1 aliphatic heterocycles. The summed E-state index contributed by atoms with van der Waals surface area (Å²) in [5, 5.41) is 0.805. The summed E-state index contributed by atoms with van der Waals surface area (Å²) in [6, 6.07) is 7.81. The minimum atomic E-state index is 0.0618. The third-order valence-electron chi connectivity index (χ3n) is 3.69. The zero-order valence-electron chi connectivity index (χ0n) is 12.0. The summed E-state index contributed by atoms with van der Waals surface area (Å²) in [6.07, 6.45) is 0. The van der Waals surface area contributed by atoms with E-state index in [1.165, 1.54) is 0 Å². The van der Waals surface area contributed by atoms with Crippen LogP contribution in [0.3, 0.4) is 0 Å². The molecule has 20 heavy (non-hydrogen) atoms. The van der Waals surface area contributed by atoms with Crippen LogP contribution in [-0.2, 0) is 4.79 Å². The van der Waals surface area contributed by atoms with Gasteiger partial charge in [-0.25, -0.2) is 0 Å². The highest BCUT2D eigenvalue weighted by molar-refractivity contribution is 8.00. The van der Waals surface area contributed by atoms with Gasteiger partial charge in [-0.1, -0.05) is 43.6 Å². The minimum absolute atomic E-state index is 0.0618. The highest BCUT2D eigenvalue weighted by atomic mass is 35.5. The highest BCUT2D eigenvalue weighted by Crippen LogP contribution is 2.41. The van der Waals surface area contributed by atoms with Crippen LogP contribution in [0.2, 0.25) is 5.02 Å². The van der Waals surface area contributed by atoms with Crippen LogP contribution in [0, 0.1) is 0 Å². The Morgan fingerprint density at radius 3 is 2.70 bits per heavy atom. The molecule has 0 N–H and O–H groups in total. The third kappa shape index (κ3) is 3.48. The van der Waals surface area contributed by atoms with Gasteiger partial charge >= 0.3 is 0 Å². The van der Waals surface area contributed by atoms with Gasteiger partial charge in [0.25, 0.3) is 0 Å². The summed E-state index contributed by atoms with van der Waals surface area (Å²) < 4.78 is 0. The summed E-state index contributed by atoms with van der Waals surface area (Å²) in [4.78, 5) is 16.4. The fraction of sp³-hybridized carbons (Fsp3) is 0.533. The maximum Gasteiger partial charge on any atom is 0.233 e. The Bertz CT molecular complexity index is 465. The second-order valence-electron chi connectivity index (χ2n) is 4.80. The number of carbonyl (C=O) groups is 1. The van der Waals surface area contributed by atoms with Crippen molar-refractivity contribution in [3.8, 4) is 0 Å². The van der Waals surface area contributed by atoms with Crippen molar-refractivity contribution in [3.63, 3.8) is 0 Å². The van der Waals surface area contributed by atoms with Crippen molar-refractivity contribution in [2.24, 2.45) is 0 Å². The predicted molar refractivity (Wildman–Crippen MR) is 86.2 cm³/mol. The number of thioether (sulfide) groups is 1. The fourth-order valence-corrected chi connectivity index (χ4v) is 3.98. The van der Waals surface area contributed by atoms with Crippen LogP contribution in [-0.4, -0.2) is 47.6 Å². The van der Waals surface area contributed by atoms with Crippen LogP contribution in [0.15, 0.2) is 24.3 Å². The van der Waals surface area contributed by atoms with Crippen molar-refractivity contribution < 1.29 is 4.79 Å². The first kappa shape index (κ1) is 15.7. The number of hydrogen-bond donors (Lipinski definition) is 0. The summed E-state index contributed by atoms with van der Waals surface area (Å²) in [5.41, 5.74) is 1.05. The molecule has 5 heteroatoms. The zero-order valence-corrected chi connectivity index (χ0v) is 13.6. The maximum atomic E-state index is 12.1. The molecular weight excluding hydrogens is 292 g/mol. The van der Waals surface area contributed by atoms with E-state index in [4.69, 9.17) is 11.6 Å². The first-order valence-electron chi connectivity index (χ1n) is 7.05. The summed E-state index contributed by atoms with van der Waals surface area (Å²) in [7, 11) is 0. The number of hydrogen-bond acceptors (Lipinski definition) is 3. The van der Waals surface area contributed by atoms with Crippen LogP contribution in [0.4, 0.5) is 0 Å². The predicted octanol–water partition coefficient (Wildman–Crippen LogP) is 3.26. The van der Waals surface area contributed by atoms with E-state index >= 15 is 0 Å². The second kappa shape index (κ2) is 7.34. The molecule has 1 fully saturated rings. The fourth-order valence-electron chi connectivity index (χ4n) is 2.42. The van der Waals surface area contributed by atoms with Gasteiger partial charge in [0.1, 0.15) is 5.37 Å². The van der Waals surface area contributed by atoms with E-state index in [0.29, 0.717) is 5.75 Å². The van der Waals surface area contributed by atoms with E-state index in [0.717, 1.165) is 36.8 Å². The number of likely N-dealkylation sites (N-methyl/N-ethyl adjacent to an activating group) is 1. The van der Waals surface area contributed by atoms with Gasteiger partial charge < -0.3 is 9.80 Å². The lowest BCUT2D eigenvalue weighted by molar-refractivity contribution is -0.128. The second-order valence-corrected chi connectivity index (χ2v) is 6.27. The molecule has 1 atom stereocenters. The average molecular weight is 313 g/mol. The molecule has 1 saturated heterocycles. The Morgan fingerprint density at radius 1 is 1.35 bits per heavy atom. The minimum Gasteiger partial charge on any atom is -0.324 e. The molecule has 1 amide bonds. The van der Waals surface area contributed by atoms with Gasteiger partial charge in [0.05, 0.1) is 5.75 Å². The van der Waals surface area contributed by atoms with E-state index in [9.17, 15) is 4.79 Å². The van der Waals surface area contributed by atoms with E-state index in [1.54, 1.807) is 11.8 Å². The van der Waals surface area contributed by atoms with Gasteiger partial charge in [-0.05, 0) is 19.2 Å². The van der Waals surface area contributed by atoms with Crippen molar-refractivity contribution >= 4 is 29.3 Å². The van der Waals surface area contributed by atoms with Gasteiger partial charge in [0.15, 0.2) is 0 Å². The van der Waals surface area contributed by atoms with Gasteiger partial charge in [-0.2, -0.15) is 0 Å². The molecule has 1 heterocycles. The van der Waals surface area contributed by atoms with E-state index < -0.39 is 0 Å². The number of carbonyl (C=O) groups excluding carboxylic acids is 1. The number of amides is 1. The van der Waals surface area contributed by atoms with Crippen molar-refractivity contribution in [1.82, 2.24) is 9.80 Å². The van der Waals surface area contributed by atoms with Gasteiger partial charge in [-0.3, -0.25) is 4.79 Å². The molecule has 110 valence electrons. The Kier molecular flexibility index (Phi) is 5.75. The van der Waals surface area contributed by atoms with E-state index in [-0.39, 0.29) is 11.3 Å². The van der Waals surface area contributed by atoms with E-state index in [2.05, 4.69) is 18.7 Å². The molecule has 2 rings (SSSR count). The lowest BCUT2D eigenvalue weighted by atomic mass is 10.2. The zero-order chi connectivity index (χ0) is 14.5. The molecule has 0 spiro atoms. The molecule has 0 radical (unpaired) electrons. The van der Waals surface area contributed by atoms with Crippen LogP contribution in [0.25, 0.3) is 0 Å². The lowest BCUT2D eigenvalue weighted by Gasteiger charge is -2.28. The number of halogens is 1. The Morgan fingerprint density at radius 2 is 2.05 bits per heavy atom. The van der Waals surface area contributed by atoms with Crippen molar-refractivity contribution in [2.75, 3.05) is 31.9 Å². The summed E-state index contributed by atoms with van der Waals surface area (Å²) in [5.74, 6) is 0.765. The normalized spacial score (nSPS) is 19.1. The molecule has 0 saturated carbocycles. The smallest absolute Gasteiger partial charge is 0.233 e. The molecule has 0 aromatic heterocycles. The topological polar surface area (TPSA) is 23.6 Å². The summed E-state index contributed by atoms with van der Waals surface area (Å²) in [6.45, 7) is 8.01.